The molecule has 2 aromatic heterocycles. The summed E-state index contributed by atoms with van der Waals surface area (Å²) in [7, 11) is 1.90. The number of hydrogen-bond donors (Lipinski definition) is 2. The number of aryl methyl sites for hydroxylation is 1. The Kier molecular flexibility index (Phi) is 6.23. The Morgan fingerprint density at radius 3 is 2.76 bits per heavy atom. The van der Waals surface area contributed by atoms with Crippen molar-refractivity contribution in [3.05, 3.63) is 95.9 Å². The minimum absolute atomic E-state index is 0.0316. The second-order valence-electron chi connectivity index (χ2n) is 8.38. The SMILES string of the molecule is Cn1cc(-c2cnc3c(c2)NC[C@@H]([C@H](NCCc2ccccc2C#N)c2ccccc2)O3)cn1. The second-order valence-corrected chi connectivity index (χ2v) is 8.38. The average molecular weight is 451 g/mol. The molecule has 0 saturated heterocycles. The lowest BCUT2D eigenvalue weighted by Crippen LogP contribution is -2.43. The van der Waals surface area contributed by atoms with Crippen LogP contribution in [0.3, 0.4) is 0 Å². The van der Waals surface area contributed by atoms with Crippen LogP contribution in [0.15, 0.2) is 79.3 Å². The number of fused-ring (bicyclic) bond motifs is 1. The van der Waals surface area contributed by atoms with E-state index in [1.165, 1.54) is 0 Å². The van der Waals surface area contributed by atoms with Gasteiger partial charge in [0.2, 0.25) is 5.88 Å². The molecule has 4 aromatic rings. The normalized spacial score (nSPS) is 15.5. The standard InChI is InChI=1S/C27H26N6O/c1-33-18-23(16-32-33)22-13-24-27(31-15-22)34-25(17-30-24)26(20-8-3-2-4-9-20)29-12-11-19-7-5-6-10-21(19)14-28/h2-10,13,15-16,18,25-26,29-30H,11-12,17H2,1H3/t25-,26+/m0/s1. The number of hydrogen-bond acceptors (Lipinski definition) is 6. The molecule has 0 aliphatic carbocycles. The van der Waals surface area contributed by atoms with Gasteiger partial charge in [-0.3, -0.25) is 4.68 Å². The Labute approximate surface area is 199 Å². The minimum atomic E-state index is -0.141. The van der Waals surface area contributed by atoms with E-state index in [1.54, 1.807) is 4.68 Å². The largest absolute Gasteiger partial charge is 0.469 e. The van der Waals surface area contributed by atoms with E-state index in [-0.39, 0.29) is 12.1 Å². The highest BCUT2D eigenvalue weighted by molar-refractivity contribution is 5.69. The molecule has 0 radical (unpaired) electrons. The number of nitrogens with one attached hydrogen (secondary N) is 2. The van der Waals surface area contributed by atoms with Gasteiger partial charge in [0.05, 0.1) is 36.1 Å². The molecule has 170 valence electrons. The third-order valence-electron chi connectivity index (χ3n) is 6.07. The first-order valence-corrected chi connectivity index (χ1v) is 11.4. The Bertz CT molecular complexity index is 1310. The van der Waals surface area contributed by atoms with Gasteiger partial charge in [0.15, 0.2) is 0 Å². The summed E-state index contributed by atoms with van der Waals surface area (Å²) in [6.07, 6.45) is 6.24. The first-order valence-electron chi connectivity index (χ1n) is 11.4. The van der Waals surface area contributed by atoms with Gasteiger partial charge >= 0.3 is 0 Å². The van der Waals surface area contributed by atoms with Crippen LogP contribution in [0.1, 0.15) is 22.7 Å². The molecule has 0 unspecified atom stereocenters. The van der Waals surface area contributed by atoms with Crippen LogP contribution in [0.25, 0.3) is 11.1 Å². The summed E-state index contributed by atoms with van der Waals surface area (Å²) < 4.78 is 8.16. The highest BCUT2D eigenvalue weighted by Gasteiger charge is 2.29. The van der Waals surface area contributed by atoms with Crippen molar-refractivity contribution >= 4 is 5.69 Å². The second kappa shape index (κ2) is 9.77. The first kappa shape index (κ1) is 21.7. The van der Waals surface area contributed by atoms with Gasteiger partial charge in [-0.05, 0) is 36.2 Å². The molecule has 0 amide bonds. The van der Waals surface area contributed by atoms with Crippen LogP contribution in [0.5, 0.6) is 5.88 Å². The molecule has 1 aliphatic heterocycles. The Hall–Kier alpha value is -4.15. The quantitative estimate of drug-likeness (QED) is 0.441. The minimum Gasteiger partial charge on any atom is -0.469 e. The van der Waals surface area contributed by atoms with Crippen LogP contribution in [-0.2, 0) is 13.5 Å². The van der Waals surface area contributed by atoms with Crippen LogP contribution in [0, 0.1) is 11.3 Å². The highest BCUT2D eigenvalue weighted by atomic mass is 16.5. The van der Waals surface area contributed by atoms with Gasteiger partial charge in [-0.1, -0.05) is 48.5 Å². The molecular formula is C27H26N6O. The number of nitrogens with zero attached hydrogens (tertiary/aromatic N) is 4. The first-order chi connectivity index (χ1) is 16.7. The topological polar surface area (TPSA) is 87.8 Å². The third-order valence-corrected chi connectivity index (χ3v) is 6.07. The summed E-state index contributed by atoms with van der Waals surface area (Å²) in [4.78, 5) is 4.60. The fourth-order valence-electron chi connectivity index (χ4n) is 4.32. The summed E-state index contributed by atoms with van der Waals surface area (Å²) >= 11 is 0. The molecular weight excluding hydrogens is 424 g/mol. The van der Waals surface area contributed by atoms with Gasteiger partial charge in [-0.15, -0.1) is 0 Å². The Balaban J connectivity index is 1.33. The van der Waals surface area contributed by atoms with Gasteiger partial charge in [0.25, 0.3) is 0 Å². The van der Waals surface area contributed by atoms with Gasteiger partial charge in [-0.25, -0.2) is 4.98 Å². The van der Waals surface area contributed by atoms with E-state index < -0.39 is 0 Å². The van der Waals surface area contributed by atoms with Crippen LogP contribution < -0.4 is 15.4 Å². The van der Waals surface area contributed by atoms with Gasteiger partial charge in [0.1, 0.15) is 6.10 Å². The molecule has 0 saturated carbocycles. The number of rotatable bonds is 7. The fraction of sp³-hybridized carbons (Fsp3) is 0.222. The summed E-state index contributed by atoms with van der Waals surface area (Å²) in [6.45, 7) is 1.37. The van der Waals surface area contributed by atoms with Crippen molar-refractivity contribution in [3.8, 4) is 23.1 Å². The van der Waals surface area contributed by atoms with Crippen molar-refractivity contribution in [1.82, 2.24) is 20.1 Å². The van der Waals surface area contributed by atoms with Crippen molar-refractivity contribution in [2.75, 3.05) is 18.4 Å². The summed E-state index contributed by atoms with van der Waals surface area (Å²) in [6, 6.07) is 22.4. The average Bonchev–Trinajstić information content (AvgIpc) is 3.33. The number of anilines is 1. The number of benzene rings is 2. The van der Waals surface area contributed by atoms with Gasteiger partial charge in [-0.2, -0.15) is 10.4 Å². The molecule has 0 bridgehead atoms. The maximum atomic E-state index is 9.38. The predicted octanol–water partition coefficient (Wildman–Crippen LogP) is 4.10. The van der Waals surface area contributed by atoms with Crippen molar-refractivity contribution in [3.63, 3.8) is 0 Å². The zero-order chi connectivity index (χ0) is 23.3. The molecule has 7 nitrogen and oxygen atoms in total. The van der Waals surface area contributed by atoms with E-state index >= 15 is 0 Å². The molecule has 0 fully saturated rings. The van der Waals surface area contributed by atoms with Crippen LogP contribution in [-0.4, -0.2) is 34.0 Å². The number of nitriles is 1. The Morgan fingerprint density at radius 1 is 1.15 bits per heavy atom. The highest BCUT2D eigenvalue weighted by Crippen LogP contribution is 2.34. The summed E-state index contributed by atoms with van der Waals surface area (Å²) in [5.41, 5.74) is 5.81. The summed E-state index contributed by atoms with van der Waals surface area (Å²) in [5.74, 6) is 0.599. The van der Waals surface area contributed by atoms with Crippen LogP contribution in [0.4, 0.5) is 5.69 Å². The monoisotopic (exact) mass is 450 g/mol. The van der Waals surface area contributed by atoms with E-state index in [9.17, 15) is 5.26 Å². The van der Waals surface area contributed by atoms with Crippen molar-refractivity contribution < 1.29 is 4.74 Å². The lowest BCUT2D eigenvalue weighted by Gasteiger charge is -2.33. The van der Waals surface area contributed by atoms with Gasteiger partial charge < -0.3 is 15.4 Å². The summed E-state index contributed by atoms with van der Waals surface area (Å²) in [5, 5.41) is 20.8. The molecule has 1 aliphatic rings. The van der Waals surface area contributed by atoms with E-state index in [0.717, 1.165) is 46.5 Å². The van der Waals surface area contributed by atoms with E-state index in [0.29, 0.717) is 12.4 Å². The van der Waals surface area contributed by atoms with Crippen molar-refractivity contribution in [2.45, 2.75) is 18.6 Å². The number of aromatic nitrogens is 3. The lowest BCUT2D eigenvalue weighted by atomic mass is 9.99. The maximum Gasteiger partial charge on any atom is 0.237 e. The smallest absolute Gasteiger partial charge is 0.237 e. The van der Waals surface area contributed by atoms with E-state index in [4.69, 9.17) is 4.74 Å². The molecule has 2 N–H and O–H groups in total. The van der Waals surface area contributed by atoms with Crippen LogP contribution >= 0.6 is 0 Å². The van der Waals surface area contributed by atoms with Gasteiger partial charge in [0, 0.05) is 30.6 Å². The fourth-order valence-corrected chi connectivity index (χ4v) is 4.32. The lowest BCUT2D eigenvalue weighted by molar-refractivity contribution is 0.150. The predicted molar refractivity (Wildman–Crippen MR) is 131 cm³/mol. The number of ether oxygens (including phenoxy) is 1. The molecule has 0 spiro atoms. The molecule has 3 heterocycles. The molecule has 5 rings (SSSR count). The van der Waals surface area contributed by atoms with Crippen molar-refractivity contribution in [2.24, 2.45) is 7.05 Å². The third kappa shape index (κ3) is 4.63. The van der Waals surface area contributed by atoms with E-state index in [2.05, 4.69) is 45.0 Å². The molecule has 2 aromatic carbocycles. The zero-order valence-electron chi connectivity index (χ0n) is 19.0. The maximum absolute atomic E-state index is 9.38. The van der Waals surface area contributed by atoms with E-state index in [1.807, 2.05) is 68.1 Å². The van der Waals surface area contributed by atoms with Crippen molar-refractivity contribution in [1.29, 1.82) is 5.26 Å². The molecule has 7 heteroatoms. The molecule has 2 atom stereocenters. The molecule has 34 heavy (non-hydrogen) atoms. The Morgan fingerprint density at radius 2 is 1.97 bits per heavy atom. The van der Waals surface area contributed by atoms with Crippen LogP contribution in [0.2, 0.25) is 0 Å². The zero-order valence-corrected chi connectivity index (χ0v) is 19.0. The number of pyridine rings is 1.